The molecule has 1 aliphatic heterocycles. The topological polar surface area (TPSA) is 30.5 Å². The lowest BCUT2D eigenvalue weighted by molar-refractivity contribution is 0.226. The summed E-state index contributed by atoms with van der Waals surface area (Å²) in [6, 6.07) is 6.68. The van der Waals surface area contributed by atoms with E-state index in [-0.39, 0.29) is 0 Å². The fourth-order valence-electron chi connectivity index (χ4n) is 2.52. The van der Waals surface area contributed by atoms with E-state index < -0.39 is 0 Å². The Kier molecular flexibility index (Phi) is 5.15. The quantitative estimate of drug-likeness (QED) is 0.902. The van der Waals surface area contributed by atoms with Gasteiger partial charge in [-0.3, -0.25) is 0 Å². The smallest absolute Gasteiger partial charge is 0.161 e. The molecule has 0 aromatic heterocycles. The largest absolute Gasteiger partial charge is 0.490 e. The van der Waals surface area contributed by atoms with Crippen LogP contribution < -0.4 is 14.8 Å². The van der Waals surface area contributed by atoms with Crippen molar-refractivity contribution in [3.8, 4) is 11.5 Å². The van der Waals surface area contributed by atoms with E-state index in [4.69, 9.17) is 9.47 Å². The molecule has 118 valence electrons. The molecule has 2 atom stereocenters. The van der Waals surface area contributed by atoms with Crippen LogP contribution in [0.15, 0.2) is 18.2 Å². The second-order valence-electron chi connectivity index (χ2n) is 7.10. The van der Waals surface area contributed by atoms with E-state index >= 15 is 0 Å². The molecule has 3 heteroatoms. The SMILES string of the molecule is CNC(CC(C)C(C)(C)C)c1ccc2c(c1)OCCCO2. The number of nitrogens with one attached hydrogen (secondary N) is 1. The van der Waals surface area contributed by atoms with Crippen molar-refractivity contribution in [2.45, 2.75) is 46.6 Å². The lowest BCUT2D eigenvalue weighted by Crippen LogP contribution is -2.25. The van der Waals surface area contributed by atoms with E-state index in [1.54, 1.807) is 0 Å². The first-order valence-corrected chi connectivity index (χ1v) is 7.98. The predicted octanol–water partition coefficient (Wildman–Crippen LogP) is 4.18. The minimum atomic E-state index is 0.320. The van der Waals surface area contributed by atoms with Crippen LogP contribution in [0.1, 0.15) is 52.1 Å². The minimum Gasteiger partial charge on any atom is -0.490 e. The van der Waals surface area contributed by atoms with Crippen LogP contribution in [0.3, 0.4) is 0 Å². The summed E-state index contributed by atoms with van der Waals surface area (Å²) in [5.74, 6) is 2.38. The standard InChI is InChI=1S/C18H29NO2/c1-13(18(2,3)4)11-15(19-5)14-7-8-16-17(12-14)21-10-6-9-20-16/h7-8,12-13,15,19H,6,9-11H2,1-5H3. The molecule has 0 saturated carbocycles. The molecule has 1 N–H and O–H groups in total. The second kappa shape index (κ2) is 6.69. The summed E-state index contributed by atoms with van der Waals surface area (Å²) in [5, 5.41) is 3.45. The Bertz CT molecular complexity index is 465. The number of rotatable bonds is 4. The van der Waals surface area contributed by atoms with Crippen molar-refractivity contribution < 1.29 is 9.47 Å². The van der Waals surface area contributed by atoms with Gasteiger partial charge in [-0.2, -0.15) is 0 Å². The normalized spacial score (nSPS) is 18.0. The van der Waals surface area contributed by atoms with Gasteiger partial charge < -0.3 is 14.8 Å². The molecule has 0 saturated heterocycles. The van der Waals surface area contributed by atoms with Gasteiger partial charge in [0.1, 0.15) is 0 Å². The van der Waals surface area contributed by atoms with Crippen molar-refractivity contribution in [3.63, 3.8) is 0 Å². The van der Waals surface area contributed by atoms with Gasteiger partial charge in [-0.05, 0) is 42.5 Å². The maximum atomic E-state index is 5.80. The Labute approximate surface area is 129 Å². The molecule has 0 aliphatic carbocycles. The van der Waals surface area contributed by atoms with Crippen LogP contribution in [-0.2, 0) is 0 Å². The van der Waals surface area contributed by atoms with Crippen LogP contribution in [0.25, 0.3) is 0 Å². The molecule has 1 aromatic rings. The first-order chi connectivity index (χ1) is 9.91. The summed E-state index contributed by atoms with van der Waals surface area (Å²) in [6.45, 7) is 10.7. The molecule has 21 heavy (non-hydrogen) atoms. The molecule has 1 aromatic carbocycles. The monoisotopic (exact) mass is 291 g/mol. The van der Waals surface area contributed by atoms with Crippen molar-refractivity contribution >= 4 is 0 Å². The summed E-state index contributed by atoms with van der Waals surface area (Å²) in [7, 11) is 2.03. The van der Waals surface area contributed by atoms with Crippen LogP contribution in [0.2, 0.25) is 0 Å². The summed E-state index contributed by atoms with van der Waals surface area (Å²) in [6.07, 6.45) is 2.06. The van der Waals surface area contributed by atoms with Gasteiger partial charge >= 0.3 is 0 Å². The Morgan fingerprint density at radius 1 is 1.14 bits per heavy atom. The average Bonchev–Trinajstić information content (AvgIpc) is 2.67. The van der Waals surface area contributed by atoms with Crippen molar-refractivity contribution in [1.29, 1.82) is 0 Å². The number of fused-ring (bicyclic) bond motifs is 1. The number of benzene rings is 1. The summed E-state index contributed by atoms with van der Waals surface area (Å²) in [5.41, 5.74) is 1.60. The van der Waals surface area contributed by atoms with Gasteiger partial charge in [0.2, 0.25) is 0 Å². The van der Waals surface area contributed by atoms with Gasteiger partial charge in [0, 0.05) is 12.5 Å². The molecular weight excluding hydrogens is 262 g/mol. The molecule has 2 rings (SSSR count). The first-order valence-electron chi connectivity index (χ1n) is 7.98. The highest BCUT2D eigenvalue weighted by atomic mass is 16.5. The van der Waals surface area contributed by atoms with Crippen molar-refractivity contribution in [3.05, 3.63) is 23.8 Å². The van der Waals surface area contributed by atoms with Crippen LogP contribution in [0.4, 0.5) is 0 Å². The fraction of sp³-hybridized carbons (Fsp3) is 0.667. The van der Waals surface area contributed by atoms with Gasteiger partial charge in [0.05, 0.1) is 13.2 Å². The Morgan fingerprint density at radius 2 is 1.81 bits per heavy atom. The Morgan fingerprint density at radius 3 is 2.43 bits per heavy atom. The summed E-state index contributed by atoms with van der Waals surface area (Å²) < 4.78 is 11.5. The van der Waals surface area contributed by atoms with E-state index in [0.717, 1.165) is 37.6 Å². The highest BCUT2D eigenvalue weighted by Crippen LogP contribution is 2.36. The number of hydrogen-bond donors (Lipinski definition) is 1. The molecule has 0 fully saturated rings. The third kappa shape index (κ3) is 4.13. The summed E-state index contributed by atoms with van der Waals surface area (Å²) >= 11 is 0. The zero-order valence-electron chi connectivity index (χ0n) is 14.0. The highest BCUT2D eigenvalue weighted by molar-refractivity contribution is 5.44. The zero-order chi connectivity index (χ0) is 15.5. The molecule has 3 nitrogen and oxygen atoms in total. The van der Waals surface area contributed by atoms with E-state index in [1.165, 1.54) is 5.56 Å². The number of hydrogen-bond acceptors (Lipinski definition) is 3. The van der Waals surface area contributed by atoms with E-state index in [9.17, 15) is 0 Å². The maximum absolute atomic E-state index is 5.80. The fourth-order valence-corrected chi connectivity index (χ4v) is 2.52. The molecule has 0 radical (unpaired) electrons. The predicted molar refractivity (Wildman–Crippen MR) is 87.1 cm³/mol. The van der Waals surface area contributed by atoms with Crippen LogP contribution in [-0.4, -0.2) is 20.3 Å². The minimum absolute atomic E-state index is 0.320. The van der Waals surface area contributed by atoms with Gasteiger partial charge in [-0.25, -0.2) is 0 Å². The van der Waals surface area contributed by atoms with Crippen LogP contribution >= 0.6 is 0 Å². The Hall–Kier alpha value is -1.22. The molecule has 1 aliphatic rings. The molecule has 1 heterocycles. The molecule has 0 amide bonds. The van der Waals surface area contributed by atoms with Crippen molar-refractivity contribution in [2.24, 2.45) is 11.3 Å². The van der Waals surface area contributed by atoms with Gasteiger partial charge in [0.25, 0.3) is 0 Å². The van der Waals surface area contributed by atoms with Gasteiger partial charge in [-0.1, -0.05) is 33.8 Å². The lowest BCUT2D eigenvalue weighted by Gasteiger charge is -2.31. The summed E-state index contributed by atoms with van der Waals surface area (Å²) in [4.78, 5) is 0. The molecule has 2 unspecified atom stereocenters. The highest BCUT2D eigenvalue weighted by Gasteiger charge is 2.24. The van der Waals surface area contributed by atoms with E-state index in [0.29, 0.717) is 17.4 Å². The number of ether oxygens (including phenoxy) is 2. The third-order valence-electron chi connectivity index (χ3n) is 4.59. The van der Waals surface area contributed by atoms with Gasteiger partial charge in [-0.15, -0.1) is 0 Å². The second-order valence-corrected chi connectivity index (χ2v) is 7.10. The van der Waals surface area contributed by atoms with Crippen LogP contribution in [0.5, 0.6) is 11.5 Å². The van der Waals surface area contributed by atoms with Gasteiger partial charge in [0.15, 0.2) is 11.5 Å². The first kappa shape index (κ1) is 16.2. The lowest BCUT2D eigenvalue weighted by atomic mass is 9.77. The average molecular weight is 291 g/mol. The Balaban J connectivity index is 2.17. The maximum Gasteiger partial charge on any atom is 0.161 e. The van der Waals surface area contributed by atoms with E-state index in [2.05, 4.69) is 45.1 Å². The third-order valence-corrected chi connectivity index (χ3v) is 4.59. The van der Waals surface area contributed by atoms with Crippen molar-refractivity contribution in [2.75, 3.05) is 20.3 Å². The molecule has 0 bridgehead atoms. The zero-order valence-corrected chi connectivity index (χ0v) is 14.0. The van der Waals surface area contributed by atoms with Crippen molar-refractivity contribution in [1.82, 2.24) is 5.32 Å². The van der Waals surface area contributed by atoms with E-state index in [1.807, 2.05) is 13.1 Å². The van der Waals surface area contributed by atoms with Crippen LogP contribution in [0, 0.1) is 11.3 Å². The molecular formula is C18H29NO2. The molecule has 0 spiro atoms.